The summed E-state index contributed by atoms with van der Waals surface area (Å²) >= 11 is 3.51. The van der Waals surface area contributed by atoms with E-state index >= 15 is 0 Å². The number of imidazole rings is 1. The van der Waals surface area contributed by atoms with Crippen LogP contribution >= 0.6 is 15.9 Å². The Balaban J connectivity index is 1.84. The first-order chi connectivity index (χ1) is 8.78. The number of aromatic amines is 1. The van der Waals surface area contributed by atoms with Gasteiger partial charge in [-0.3, -0.25) is 0 Å². The molecule has 0 aliphatic heterocycles. The molecular formula is C14H16BrN3. The first-order valence-electron chi connectivity index (χ1n) is 6.34. The van der Waals surface area contributed by atoms with Gasteiger partial charge in [0.15, 0.2) is 0 Å². The monoisotopic (exact) mass is 305 g/mol. The van der Waals surface area contributed by atoms with Gasteiger partial charge < -0.3 is 10.7 Å². The Labute approximate surface area is 115 Å². The summed E-state index contributed by atoms with van der Waals surface area (Å²) in [6, 6.07) is 6.41. The smallest absolute Gasteiger partial charge is 0.107 e. The van der Waals surface area contributed by atoms with Gasteiger partial charge in [-0.1, -0.05) is 22.0 Å². The lowest BCUT2D eigenvalue weighted by Crippen LogP contribution is -1.99. The Kier molecular flexibility index (Phi) is 3.22. The van der Waals surface area contributed by atoms with Crippen LogP contribution in [0.2, 0.25) is 0 Å². The second-order valence-electron chi connectivity index (χ2n) is 4.73. The molecule has 18 heavy (non-hydrogen) atoms. The fraction of sp³-hybridized carbons (Fsp3) is 0.357. The summed E-state index contributed by atoms with van der Waals surface area (Å²) in [5, 5.41) is 0. The number of hydrogen-bond donors (Lipinski definition) is 2. The van der Waals surface area contributed by atoms with Crippen molar-refractivity contribution in [2.45, 2.75) is 25.7 Å². The number of unbranched alkanes of at least 4 members (excludes halogenated alkanes) is 1. The average Bonchev–Trinajstić information content (AvgIpc) is 2.85. The second-order valence-corrected chi connectivity index (χ2v) is 5.65. The molecule has 0 fully saturated rings. The van der Waals surface area contributed by atoms with E-state index in [4.69, 9.17) is 10.7 Å². The third-order valence-corrected chi connectivity index (χ3v) is 3.88. The van der Waals surface area contributed by atoms with E-state index in [1.807, 2.05) is 0 Å². The van der Waals surface area contributed by atoms with E-state index in [1.165, 1.54) is 16.8 Å². The summed E-state index contributed by atoms with van der Waals surface area (Å²) in [5.74, 6) is 1.10. The first kappa shape index (κ1) is 11.9. The van der Waals surface area contributed by atoms with Gasteiger partial charge in [-0.05, 0) is 37.1 Å². The molecule has 1 aromatic heterocycles. The quantitative estimate of drug-likeness (QED) is 0.728. The van der Waals surface area contributed by atoms with Crippen molar-refractivity contribution in [2.75, 3.05) is 6.54 Å². The summed E-state index contributed by atoms with van der Waals surface area (Å²) in [7, 11) is 0. The Morgan fingerprint density at radius 1 is 1.33 bits per heavy atom. The van der Waals surface area contributed by atoms with Crippen molar-refractivity contribution < 1.29 is 0 Å². The SMILES string of the molecule is NCCCCc1nc2c([nH]1)Cc1cc(Br)ccc1-2. The van der Waals surface area contributed by atoms with E-state index in [9.17, 15) is 0 Å². The molecule has 94 valence electrons. The van der Waals surface area contributed by atoms with E-state index in [0.29, 0.717) is 0 Å². The van der Waals surface area contributed by atoms with Gasteiger partial charge >= 0.3 is 0 Å². The lowest BCUT2D eigenvalue weighted by Gasteiger charge is -2.00. The van der Waals surface area contributed by atoms with Crippen molar-refractivity contribution in [3.05, 3.63) is 39.8 Å². The van der Waals surface area contributed by atoms with Crippen LogP contribution < -0.4 is 5.73 Å². The Bertz CT molecular complexity index is 574. The van der Waals surface area contributed by atoms with Gasteiger partial charge in [-0.25, -0.2) is 4.98 Å². The summed E-state index contributed by atoms with van der Waals surface area (Å²) in [6.07, 6.45) is 4.13. The molecule has 1 heterocycles. The molecule has 0 bridgehead atoms. The summed E-state index contributed by atoms with van der Waals surface area (Å²) in [4.78, 5) is 8.17. The molecule has 0 radical (unpaired) electrons. The third kappa shape index (κ3) is 2.10. The van der Waals surface area contributed by atoms with Crippen molar-refractivity contribution in [3.63, 3.8) is 0 Å². The zero-order chi connectivity index (χ0) is 12.5. The van der Waals surface area contributed by atoms with Crippen LogP contribution in [0.25, 0.3) is 11.3 Å². The predicted molar refractivity (Wildman–Crippen MR) is 76.5 cm³/mol. The standard InChI is InChI=1S/C14H16BrN3/c15-10-4-5-11-9(7-10)8-12-14(11)18-13(17-12)3-1-2-6-16/h4-5,7H,1-3,6,8,16H2,(H,17,18). The van der Waals surface area contributed by atoms with E-state index in [2.05, 4.69) is 39.1 Å². The Morgan fingerprint density at radius 2 is 2.22 bits per heavy atom. The highest BCUT2D eigenvalue weighted by Crippen LogP contribution is 2.36. The molecule has 0 atom stereocenters. The fourth-order valence-electron chi connectivity index (χ4n) is 2.50. The number of halogens is 1. The van der Waals surface area contributed by atoms with E-state index in [1.54, 1.807) is 0 Å². The highest BCUT2D eigenvalue weighted by atomic mass is 79.9. The van der Waals surface area contributed by atoms with Gasteiger partial charge in [0.1, 0.15) is 5.82 Å². The molecule has 3 rings (SSSR count). The maximum Gasteiger partial charge on any atom is 0.107 e. The number of rotatable bonds is 4. The van der Waals surface area contributed by atoms with Crippen LogP contribution in [0, 0.1) is 0 Å². The summed E-state index contributed by atoms with van der Waals surface area (Å²) in [6.45, 7) is 0.761. The number of benzene rings is 1. The number of fused-ring (bicyclic) bond motifs is 3. The van der Waals surface area contributed by atoms with Crippen LogP contribution in [0.4, 0.5) is 0 Å². The molecule has 1 aliphatic carbocycles. The molecule has 4 heteroatoms. The topological polar surface area (TPSA) is 54.7 Å². The van der Waals surface area contributed by atoms with Crippen molar-refractivity contribution >= 4 is 15.9 Å². The molecule has 2 aromatic rings. The van der Waals surface area contributed by atoms with Gasteiger partial charge in [0.25, 0.3) is 0 Å². The molecule has 0 amide bonds. The number of nitrogens with zero attached hydrogens (tertiary/aromatic N) is 1. The normalized spacial score (nSPS) is 12.6. The lowest BCUT2D eigenvalue weighted by atomic mass is 10.1. The number of hydrogen-bond acceptors (Lipinski definition) is 2. The molecule has 0 saturated carbocycles. The summed E-state index contributed by atoms with van der Waals surface area (Å²) in [5.41, 5.74) is 10.5. The number of H-pyrrole nitrogens is 1. The number of nitrogens with one attached hydrogen (secondary N) is 1. The third-order valence-electron chi connectivity index (χ3n) is 3.39. The van der Waals surface area contributed by atoms with E-state index < -0.39 is 0 Å². The second kappa shape index (κ2) is 4.86. The van der Waals surface area contributed by atoms with Crippen molar-refractivity contribution in [1.29, 1.82) is 0 Å². The van der Waals surface area contributed by atoms with Crippen molar-refractivity contribution in [2.24, 2.45) is 5.73 Å². The van der Waals surface area contributed by atoms with Crippen molar-refractivity contribution in [3.8, 4) is 11.3 Å². The van der Waals surface area contributed by atoms with Gasteiger partial charge in [0.2, 0.25) is 0 Å². The highest BCUT2D eigenvalue weighted by molar-refractivity contribution is 9.10. The minimum Gasteiger partial charge on any atom is -0.345 e. The Morgan fingerprint density at radius 3 is 3.06 bits per heavy atom. The maximum atomic E-state index is 5.51. The van der Waals surface area contributed by atoms with Gasteiger partial charge in [0.05, 0.1) is 5.69 Å². The maximum absolute atomic E-state index is 5.51. The molecular weight excluding hydrogens is 290 g/mol. The molecule has 1 aliphatic rings. The molecule has 1 aromatic carbocycles. The van der Waals surface area contributed by atoms with Crippen LogP contribution in [-0.2, 0) is 12.8 Å². The first-order valence-corrected chi connectivity index (χ1v) is 7.14. The summed E-state index contributed by atoms with van der Waals surface area (Å²) < 4.78 is 1.13. The van der Waals surface area contributed by atoms with Gasteiger partial charge in [0, 0.05) is 28.6 Å². The van der Waals surface area contributed by atoms with Crippen molar-refractivity contribution in [1.82, 2.24) is 9.97 Å². The highest BCUT2D eigenvalue weighted by Gasteiger charge is 2.22. The van der Waals surface area contributed by atoms with E-state index in [0.717, 1.165) is 48.2 Å². The van der Waals surface area contributed by atoms with Crippen LogP contribution in [0.15, 0.2) is 22.7 Å². The lowest BCUT2D eigenvalue weighted by molar-refractivity contribution is 0.721. The van der Waals surface area contributed by atoms with Crippen LogP contribution in [0.3, 0.4) is 0 Å². The number of aromatic nitrogens is 2. The minimum atomic E-state index is 0.761. The molecule has 3 N–H and O–H groups in total. The van der Waals surface area contributed by atoms with Gasteiger partial charge in [-0.15, -0.1) is 0 Å². The molecule has 3 nitrogen and oxygen atoms in total. The van der Waals surface area contributed by atoms with Crippen LogP contribution in [-0.4, -0.2) is 16.5 Å². The predicted octanol–water partition coefficient (Wildman–Crippen LogP) is 3.02. The average molecular weight is 306 g/mol. The van der Waals surface area contributed by atoms with Crippen LogP contribution in [0.5, 0.6) is 0 Å². The molecule has 0 spiro atoms. The molecule has 0 unspecified atom stereocenters. The fourth-order valence-corrected chi connectivity index (χ4v) is 2.91. The van der Waals surface area contributed by atoms with E-state index in [-0.39, 0.29) is 0 Å². The Hall–Kier alpha value is -1.13. The van der Waals surface area contributed by atoms with Crippen LogP contribution in [0.1, 0.15) is 29.9 Å². The zero-order valence-corrected chi connectivity index (χ0v) is 11.8. The number of aryl methyl sites for hydroxylation is 1. The zero-order valence-electron chi connectivity index (χ0n) is 10.2. The minimum absolute atomic E-state index is 0.761. The largest absolute Gasteiger partial charge is 0.345 e. The molecule has 0 saturated heterocycles. The number of nitrogens with two attached hydrogens (primary N) is 1. The van der Waals surface area contributed by atoms with Gasteiger partial charge in [-0.2, -0.15) is 0 Å².